The Morgan fingerprint density at radius 2 is 1.67 bits per heavy atom. The summed E-state index contributed by atoms with van der Waals surface area (Å²) in [5.41, 5.74) is 0.573. The lowest BCUT2D eigenvalue weighted by molar-refractivity contribution is -0.146. The number of carbonyl (C=O) groups is 2. The molecule has 114 valence electrons. The number of carboxylic acids is 1. The van der Waals surface area contributed by atoms with E-state index in [2.05, 4.69) is 0 Å². The van der Waals surface area contributed by atoms with E-state index in [4.69, 9.17) is 5.11 Å². The van der Waals surface area contributed by atoms with E-state index in [1.807, 2.05) is 11.0 Å². The van der Waals surface area contributed by atoms with E-state index in [9.17, 15) is 14.7 Å². The highest BCUT2D eigenvalue weighted by Crippen LogP contribution is 2.17. The highest BCUT2D eigenvalue weighted by atomic mass is 16.4. The standard InChI is InChI=1S/C15H20N2O4/c1-11(15(20)21)16-7-9-17(10-8-16)14(19)13(18)12-5-3-2-4-6-12/h2-6,11,13,18H,7-10H2,1H3,(H,20,21). The number of nitrogens with zero attached hydrogens (tertiary/aromatic N) is 2. The van der Waals surface area contributed by atoms with Crippen LogP contribution >= 0.6 is 0 Å². The maximum Gasteiger partial charge on any atom is 0.320 e. The summed E-state index contributed by atoms with van der Waals surface area (Å²) in [6.45, 7) is 3.50. The third-order valence-corrected chi connectivity index (χ3v) is 3.88. The monoisotopic (exact) mass is 292 g/mol. The third kappa shape index (κ3) is 3.59. The smallest absolute Gasteiger partial charge is 0.320 e. The summed E-state index contributed by atoms with van der Waals surface area (Å²) in [5, 5.41) is 19.1. The Morgan fingerprint density at radius 3 is 2.19 bits per heavy atom. The Balaban J connectivity index is 1.93. The van der Waals surface area contributed by atoms with Crippen molar-refractivity contribution in [3.05, 3.63) is 35.9 Å². The largest absolute Gasteiger partial charge is 0.480 e. The SMILES string of the molecule is CC(C(=O)O)N1CCN(C(=O)C(O)c2ccccc2)CC1. The van der Waals surface area contributed by atoms with E-state index in [1.165, 1.54) is 0 Å². The van der Waals surface area contributed by atoms with Crippen LogP contribution in [-0.2, 0) is 9.59 Å². The molecule has 1 aliphatic rings. The molecule has 1 amide bonds. The number of carbonyl (C=O) groups excluding carboxylic acids is 1. The zero-order valence-electron chi connectivity index (χ0n) is 12.0. The van der Waals surface area contributed by atoms with Gasteiger partial charge < -0.3 is 15.1 Å². The molecular weight excluding hydrogens is 272 g/mol. The van der Waals surface area contributed by atoms with Crippen LogP contribution in [0.1, 0.15) is 18.6 Å². The summed E-state index contributed by atoms with van der Waals surface area (Å²) in [5.74, 6) is -1.19. The Morgan fingerprint density at radius 1 is 1.10 bits per heavy atom. The topological polar surface area (TPSA) is 81.1 Å². The second-order valence-corrected chi connectivity index (χ2v) is 5.19. The summed E-state index contributed by atoms with van der Waals surface area (Å²) < 4.78 is 0. The quantitative estimate of drug-likeness (QED) is 0.836. The lowest BCUT2D eigenvalue weighted by Gasteiger charge is -2.37. The number of aliphatic carboxylic acids is 1. The number of carboxylic acid groups (broad SMARTS) is 1. The number of hydrogen-bond acceptors (Lipinski definition) is 4. The summed E-state index contributed by atoms with van der Waals surface area (Å²) >= 11 is 0. The van der Waals surface area contributed by atoms with E-state index in [-0.39, 0.29) is 5.91 Å². The average molecular weight is 292 g/mol. The van der Waals surface area contributed by atoms with Gasteiger partial charge in [-0.05, 0) is 12.5 Å². The van der Waals surface area contributed by atoms with Gasteiger partial charge in [0.05, 0.1) is 0 Å². The van der Waals surface area contributed by atoms with Crippen molar-refractivity contribution in [2.24, 2.45) is 0 Å². The van der Waals surface area contributed by atoms with E-state index in [0.717, 1.165) is 0 Å². The van der Waals surface area contributed by atoms with E-state index < -0.39 is 18.1 Å². The van der Waals surface area contributed by atoms with Gasteiger partial charge in [-0.25, -0.2) is 0 Å². The zero-order valence-corrected chi connectivity index (χ0v) is 12.0. The van der Waals surface area contributed by atoms with Gasteiger partial charge in [0.1, 0.15) is 6.04 Å². The van der Waals surface area contributed by atoms with E-state index >= 15 is 0 Å². The Labute approximate surface area is 123 Å². The fourth-order valence-corrected chi connectivity index (χ4v) is 2.44. The van der Waals surface area contributed by atoms with Crippen molar-refractivity contribution in [2.75, 3.05) is 26.2 Å². The molecule has 0 saturated carbocycles. The van der Waals surface area contributed by atoms with Gasteiger partial charge in [-0.1, -0.05) is 30.3 Å². The molecule has 1 aliphatic heterocycles. The van der Waals surface area contributed by atoms with Gasteiger partial charge >= 0.3 is 5.97 Å². The molecule has 2 atom stereocenters. The molecular formula is C15H20N2O4. The van der Waals surface area contributed by atoms with Crippen molar-refractivity contribution >= 4 is 11.9 Å². The fourth-order valence-electron chi connectivity index (χ4n) is 2.44. The number of aliphatic hydroxyl groups excluding tert-OH is 1. The average Bonchev–Trinajstić information content (AvgIpc) is 2.53. The molecule has 0 spiro atoms. The zero-order chi connectivity index (χ0) is 15.4. The van der Waals surface area contributed by atoms with Crippen molar-refractivity contribution in [3.63, 3.8) is 0 Å². The number of rotatable bonds is 4. The number of amides is 1. The molecule has 1 aromatic carbocycles. The molecule has 1 fully saturated rings. The molecule has 1 aromatic rings. The van der Waals surface area contributed by atoms with Gasteiger partial charge in [0, 0.05) is 26.2 Å². The van der Waals surface area contributed by atoms with Crippen LogP contribution in [0.5, 0.6) is 0 Å². The first-order valence-corrected chi connectivity index (χ1v) is 6.99. The predicted molar refractivity (Wildman–Crippen MR) is 76.7 cm³/mol. The first kappa shape index (κ1) is 15.5. The Bertz CT molecular complexity index is 498. The van der Waals surface area contributed by atoms with Crippen LogP contribution in [0.3, 0.4) is 0 Å². The van der Waals surface area contributed by atoms with Gasteiger partial charge in [0.15, 0.2) is 6.10 Å². The Kier molecular flexibility index (Phi) is 4.93. The van der Waals surface area contributed by atoms with Gasteiger partial charge in [-0.2, -0.15) is 0 Å². The number of benzene rings is 1. The van der Waals surface area contributed by atoms with Crippen molar-refractivity contribution < 1.29 is 19.8 Å². The highest BCUT2D eigenvalue weighted by molar-refractivity contribution is 5.82. The Hall–Kier alpha value is -1.92. The van der Waals surface area contributed by atoms with Gasteiger partial charge in [-0.3, -0.25) is 14.5 Å². The molecule has 2 N–H and O–H groups in total. The second-order valence-electron chi connectivity index (χ2n) is 5.19. The van der Waals surface area contributed by atoms with E-state index in [0.29, 0.717) is 31.7 Å². The molecule has 0 bridgehead atoms. The van der Waals surface area contributed by atoms with Crippen LogP contribution in [0.25, 0.3) is 0 Å². The molecule has 0 aromatic heterocycles. The molecule has 2 unspecified atom stereocenters. The van der Waals surface area contributed by atoms with Crippen LogP contribution < -0.4 is 0 Å². The van der Waals surface area contributed by atoms with Gasteiger partial charge in [0.25, 0.3) is 5.91 Å². The molecule has 2 rings (SSSR count). The third-order valence-electron chi connectivity index (χ3n) is 3.88. The maximum absolute atomic E-state index is 12.3. The predicted octanol–water partition coefficient (Wildman–Crippen LogP) is 0.337. The fraction of sp³-hybridized carbons (Fsp3) is 0.467. The second kappa shape index (κ2) is 6.69. The highest BCUT2D eigenvalue weighted by Gasteiger charge is 2.30. The van der Waals surface area contributed by atoms with E-state index in [1.54, 1.807) is 36.1 Å². The van der Waals surface area contributed by atoms with Crippen LogP contribution in [0, 0.1) is 0 Å². The van der Waals surface area contributed by atoms with Crippen LogP contribution in [-0.4, -0.2) is 64.1 Å². The lowest BCUT2D eigenvalue weighted by Crippen LogP contribution is -2.53. The summed E-state index contributed by atoms with van der Waals surface area (Å²) in [6.07, 6.45) is -1.16. The van der Waals surface area contributed by atoms with Crippen molar-refractivity contribution in [1.82, 2.24) is 9.80 Å². The summed E-state index contributed by atoms with van der Waals surface area (Å²) in [7, 11) is 0. The van der Waals surface area contributed by atoms with Crippen LogP contribution in [0.2, 0.25) is 0 Å². The molecule has 1 saturated heterocycles. The first-order chi connectivity index (χ1) is 10.0. The van der Waals surface area contributed by atoms with Gasteiger partial charge in [-0.15, -0.1) is 0 Å². The molecule has 0 aliphatic carbocycles. The minimum Gasteiger partial charge on any atom is -0.480 e. The number of piperazine rings is 1. The van der Waals surface area contributed by atoms with Crippen LogP contribution in [0.15, 0.2) is 30.3 Å². The normalized spacial score (nSPS) is 19.0. The van der Waals surface area contributed by atoms with Crippen molar-refractivity contribution in [2.45, 2.75) is 19.1 Å². The minimum absolute atomic E-state index is 0.330. The number of hydrogen-bond donors (Lipinski definition) is 2. The molecule has 1 heterocycles. The maximum atomic E-state index is 12.3. The lowest BCUT2D eigenvalue weighted by atomic mass is 10.1. The van der Waals surface area contributed by atoms with Crippen molar-refractivity contribution in [1.29, 1.82) is 0 Å². The molecule has 6 nitrogen and oxygen atoms in total. The minimum atomic E-state index is -1.16. The number of aliphatic hydroxyl groups is 1. The van der Waals surface area contributed by atoms with Crippen LogP contribution in [0.4, 0.5) is 0 Å². The summed E-state index contributed by atoms with van der Waals surface area (Å²) in [6, 6.07) is 8.25. The van der Waals surface area contributed by atoms with Crippen molar-refractivity contribution in [3.8, 4) is 0 Å². The summed E-state index contributed by atoms with van der Waals surface area (Å²) in [4.78, 5) is 26.6. The molecule has 0 radical (unpaired) electrons. The first-order valence-electron chi connectivity index (χ1n) is 6.99. The molecule has 21 heavy (non-hydrogen) atoms. The van der Waals surface area contributed by atoms with Gasteiger partial charge in [0.2, 0.25) is 0 Å². The molecule has 6 heteroatoms.